The molecule has 0 bridgehead atoms. The molecule has 0 aromatic heterocycles. The minimum atomic E-state index is -0.424. The fourth-order valence-electron chi connectivity index (χ4n) is 1.14. The Bertz CT molecular complexity index is 351. The fourth-order valence-corrected chi connectivity index (χ4v) is 1.40. The third-order valence-corrected chi connectivity index (χ3v) is 2.71. The van der Waals surface area contributed by atoms with Crippen molar-refractivity contribution in [2.75, 3.05) is 19.0 Å². The first-order valence-corrected chi connectivity index (χ1v) is 6.58. The highest BCUT2D eigenvalue weighted by Crippen LogP contribution is 2.15. The van der Waals surface area contributed by atoms with Crippen molar-refractivity contribution >= 4 is 34.4 Å². The van der Waals surface area contributed by atoms with E-state index in [0.717, 1.165) is 12.2 Å². The van der Waals surface area contributed by atoms with E-state index in [1.165, 1.54) is 0 Å². The summed E-state index contributed by atoms with van der Waals surface area (Å²) >= 11 is 2.30. The summed E-state index contributed by atoms with van der Waals surface area (Å²) in [5.74, 6) is 0.752. The van der Waals surface area contributed by atoms with Crippen molar-refractivity contribution in [3.63, 3.8) is 0 Å². The minimum Gasteiger partial charge on any atom is -0.497 e. The molecule has 0 aliphatic carbocycles. The van der Waals surface area contributed by atoms with Gasteiger partial charge in [-0.25, -0.2) is 4.79 Å². The third-order valence-electron chi connectivity index (χ3n) is 2.09. The van der Waals surface area contributed by atoms with Crippen molar-refractivity contribution in [1.29, 1.82) is 0 Å². The molecule has 4 nitrogen and oxygen atoms in total. The number of benzene rings is 1. The number of alkyl halides is 1. The maximum atomic E-state index is 11.4. The lowest BCUT2D eigenvalue weighted by molar-refractivity contribution is 0.160. The second-order valence-corrected chi connectivity index (χ2v) is 5.69. The number of methoxy groups -OCH3 is 1. The Labute approximate surface area is 115 Å². The second-order valence-electron chi connectivity index (χ2n) is 3.56. The van der Waals surface area contributed by atoms with E-state index in [1.807, 2.05) is 0 Å². The van der Waals surface area contributed by atoms with Gasteiger partial charge >= 0.3 is 6.09 Å². The zero-order chi connectivity index (χ0) is 12.7. The summed E-state index contributed by atoms with van der Waals surface area (Å²) in [4.78, 5) is 11.4. The van der Waals surface area contributed by atoms with Crippen molar-refractivity contribution in [1.82, 2.24) is 0 Å². The number of carbonyl (C=O) groups excluding carboxylic acids is 1. The highest BCUT2D eigenvalue weighted by molar-refractivity contribution is 14.1. The van der Waals surface area contributed by atoms with Crippen LogP contribution in [-0.2, 0) is 4.74 Å². The van der Waals surface area contributed by atoms with E-state index >= 15 is 0 Å². The van der Waals surface area contributed by atoms with Crippen molar-refractivity contribution in [2.24, 2.45) is 0 Å². The van der Waals surface area contributed by atoms with Gasteiger partial charge in [0.05, 0.1) is 13.7 Å². The third kappa shape index (κ3) is 5.76. The lowest BCUT2D eigenvalue weighted by atomic mass is 10.3. The molecular formula is C12H16INO3. The van der Waals surface area contributed by atoms with Gasteiger partial charge in [-0.05, 0) is 30.7 Å². The van der Waals surface area contributed by atoms with E-state index < -0.39 is 6.09 Å². The Morgan fingerprint density at radius 3 is 2.59 bits per heavy atom. The van der Waals surface area contributed by atoms with Crippen LogP contribution in [0.1, 0.15) is 13.3 Å². The molecule has 0 radical (unpaired) electrons. The summed E-state index contributed by atoms with van der Waals surface area (Å²) in [5, 5.41) is 2.65. The van der Waals surface area contributed by atoms with Crippen LogP contribution in [0.3, 0.4) is 0 Å². The molecule has 1 amide bonds. The summed E-state index contributed by atoms with van der Waals surface area (Å²) in [6.45, 7) is 2.51. The molecule has 0 saturated carbocycles. The van der Waals surface area contributed by atoms with Gasteiger partial charge in [-0.3, -0.25) is 5.32 Å². The van der Waals surface area contributed by atoms with Gasteiger partial charge in [0.1, 0.15) is 5.75 Å². The van der Waals surface area contributed by atoms with Crippen LogP contribution in [0.5, 0.6) is 5.75 Å². The molecule has 1 atom stereocenters. The fraction of sp³-hybridized carbons (Fsp3) is 0.417. The summed E-state index contributed by atoms with van der Waals surface area (Å²) in [6, 6.07) is 7.09. The molecule has 0 heterocycles. The van der Waals surface area contributed by atoms with Crippen LogP contribution < -0.4 is 10.1 Å². The smallest absolute Gasteiger partial charge is 0.411 e. The molecular weight excluding hydrogens is 333 g/mol. The SMILES string of the molecule is COc1ccc(NC(=O)OCC[C@H](C)I)cc1. The van der Waals surface area contributed by atoms with Gasteiger partial charge in [0.25, 0.3) is 0 Å². The average Bonchev–Trinajstić information content (AvgIpc) is 2.29. The van der Waals surface area contributed by atoms with Crippen LogP contribution in [0, 0.1) is 0 Å². The Hall–Kier alpha value is -0.980. The van der Waals surface area contributed by atoms with E-state index in [-0.39, 0.29) is 0 Å². The zero-order valence-electron chi connectivity index (χ0n) is 9.90. The number of rotatable bonds is 5. The van der Waals surface area contributed by atoms with Gasteiger partial charge in [-0.1, -0.05) is 29.5 Å². The predicted molar refractivity (Wildman–Crippen MR) is 76.1 cm³/mol. The monoisotopic (exact) mass is 349 g/mol. The Balaban J connectivity index is 2.34. The lowest BCUT2D eigenvalue weighted by Crippen LogP contribution is -2.15. The molecule has 1 aromatic carbocycles. The van der Waals surface area contributed by atoms with Gasteiger partial charge in [0, 0.05) is 9.61 Å². The van der Waals surface area contributed by atoms with Crippen molar-refractivity contribution in [2.45, 2.75) is 17.3 Å². The number of nitrogens with one attached hydrogen (secondary N) is 1. The quantitative estimate of drug-likeness (QED) is 0.654. The Morgan fingerprint density at radius 1 is 1.41 bits per heavy atom. The minimum absolute atomic E-state index is 0.424. The van der Waals surface area contributed by atoms with E-state index in [2.05, 4.69) is 34.8 Å². The highest BCUT2D eigenvalue weighted by atomic mass is 127. The number of anilines is 1. The van der Waals surface area contributed by atoms with Crippen LogP contribution in [0.15, 0.2) is 24.3 Å². The summed E-state index contributed by atoms with van der Waals surface area (Å²) in [5.41, 5.74) is 0.693. The number of hydrogen-bond acceptors (Lipinski definition) is 3. The van der Waals surface area contributed by atoms with E-state index in [9.17, 15) is 4.79 Å². The summed E-state index contributed by atoms with van der Waals surface area (Å²) in [7, 11) is 1.60. The van der Waals surface area contributed by atoms with Gasteiger partial charge in [-0.2, -0.15) is 0 Å². The molecule has 1 rings (SSSR count). The molecule has 0 fully saturated rings. The second kappa shape index (κ2) is 7.37. The van der Waals surface area contributed by atoms with Crippen molar-refractivity contribution < 1.29 is 14.3 Å². The first-order chi connectivity index (χ1) is 8.11. The molecule has 5 heteroatoms. The molecule has 1 aromatic rings. The van der Waals surface area contributed by atoms with Gasteiger partial charge in [0.2, 0.25) is 0 Å². The summed E-state index contributed by atoms with van der Waals surface area (Å²) in [6.07, 6.45) is 0.434. The Kier molecular flexibility index (Phi) is 6.10. The molecule has 0 saturated heterocycles. The standard InChI is InChI=1S/C12H16INO3/c1-9(13)7-8-17-12(15)14-10-3-5-11(16-2)6-4-10/h3-6,9H,7-8H2,1-2H3,(H,14,15)/t9-/m0/s1. The number of ether oxygens (including phenoxy) is 2. The molecule has 17 heavy (non-hydrogen) atoms. The van der Waals surface area contributed by atoms with Gasteiger partial charge in [-0.15, -0.1) is 0 Å². The molecule has 94 valence electrons. The first kappa shape index (κ1) is 14.1. The normalized spacial score (nSPS) is 11.7. The van der Waals surface area contributed by atoms with Crippen molar-refractivity contribution in [3.05, 3.63) is 24.3 Å². The first-order valence-electron chi connectivity index (χ1n) is 5.33. The Morgan fingerprint density at radius 2 is 2.06 bits per heavy atom. The average molecular weight is 349 g/mol. The molecule has 1 N–H and O–H groups in total. The molecule has 0 aliphatic heterocycles. The zero-order valence-corrected chi connectivity index (χ0v) is 12.1. The number of hydrogen-bond donors (Lipinski definition) is 1. The maximum absolute atomic E-state index is 11.4. The number of amides is 1. The van der Waals surface area contributed by atoms with E-state index in [0.29, 0.717) is 16.2 Å². The van der Waals surface area contributed by atoms with Crippen LogP contribution >= 0.6 is 22.6 Å². The lowest BCUT2D eigenvalue weighted by Gasteiger charge is -2.08. The van der Waals surface area contributed by atoms with Crippen LogP contribution in [0.2, 0.25) is 0 Å². The maximum Gasteiger partial charge on any atom is 0.411 e. The topological polar surface area (TPSA) is 47.6 Å². The van der Waals surface area contributed by atoms with E-state index in [1.54, 1.807) is 31.4 Å². The van der Waals surface area contributed by atoms with Crippen molar-refractivity contribution in [3.8, 4) is 5.75 Å². The summed E-state index contributed by atoms with van der Waals surface area (Å²) < 4.78 is 10.5. The molecule has 0 aliphatic rings. The number of halogens is 1. The largest absolute Gasteiger partial charge is 0.497 e. The van der Waals surface area contributed by atoms with Crippen LogP contribution in [-0.4, -0.2) is 23.7 Å². The van der Waals surface area contributed by atoms with Gasteiger partial charge in [0.15, 0.2) is 0 Å². The van der Waals surface area contributed by atoms with Gasteiger partial charge < -0.3 is 9.47 Å². The van der Waals surface area contributed by atoms with Crippen LogP contribution in [0.4, 0.5) is 10.5 Å². The molecule has 0 spiro atoms. The van der Waals surface area contributed by atoms with Crippen LogP contribution in [0.25, 0.3) is 0 Å². The highest BCUT2D eigenvalue weighted by Gasteiger charge is 2.04. The molecule has 0 unspecified atom stereocenters. The number of carbonyl (C=O) groups is 1. The predicted octanol–water partition coefficient (Wildman–Crippen LogP) is 3.46. The van der Waals surface area contributed by atoms with E-state index in [4.69, 9.17) is 9.47 Å².